The predicted octanol–water partition coefficient (Wildman–Crippen LogP) is 1.03. The highest BCUT2D eigenvalue weighted by atomic mass is 16.6. The van der Waals surface area contributed by atoms with E-state index in [9.17, 15) is 19.5 Å². The smallest absolute Gasteiger partial charge is 0.313 e. The molecule has 2 saturated heterocycles. The van der Waals surface area contributed by atoms with Crippen molar-refractivity contribution in [3.05, 3.63) is 48.6 Å². The summed E-state index contributed by atoms with van der Waals surface area (Å²) < 4.78 is 13.8. The molecule has 2 fully saturated rings. The average molecular weight is 522 g/mol. The van der Waals surface area contributed by atoms with Crippen LogP contribution in [0.15, 0.2) is 48.6 Å². The number of unbranched alkanes of at least 4 members (excludes halogenated alkanes) is 2. The molecule has 38 heavy (non-hydrogen) atoms. The van der Waals surface area contributed by atoms with Crippen LogP contribution in [0.2, 0.25) is 0 Å². The van der Waals surface area contributed by atoms with Crippen molar-refractivity contribution in [2.24, 2.45) is 11.8 Å². The number of carbonyl (C=O) groups is 3. The third-order valence-corrected chi connectivity index (χ3v) is 8.18. The SMILES string of the molecule is C[C@@]12C=CCOC(=O)[C@@H]1[C@H]1C(=O)N(CCCCCO)C3C(=O)N(Cn4nnc5ccccc54)CC=C[C@@]31O2. The Kier molecular flexibility index (Phi) is 6.07. The molecule has 200 valence electrons. The number of aliphatic hydroxyl groups is 1. The summed E-state index contributed by atoms with van der Waals surface area (Å²) in [6, 6.07) is 6.57. The van der Waals surface area contributed by atoms with Gasteiger partial charge in [0.1, 0.15) is 36.4 Å². The number of aromatic nitrogens is 3. The highest BCUT2D eigenvalue weighted by Crippen LogP contribution is 2.57. The number of rotatable bonds is 7. The molecule has 1 spiro atoms. The van der Waals surface area contributed by atoms with E-state index >= 15 is 0 Å². The molecule has 0 radical (unpaired) electrons. The molecule has 0 saturated carbocycles. The van der Waals surface area contributed by atoms with E-state index in [0.717, 1.165) is 11.0 Å². The minimum Gasteiger partial charge on any atom is -0.461 e. The number of aliphatic hydroxyl groups excluding tert-OH is 1. The van der Waals surface area contributed by atoms with Crippen molar-refractivity contribution in [1.29, 1.82) is 0 Å². The summed E-state index contributed by atoms with van der Waals surface area (Å²) in [5, 5.41) is 17.7. The molecule has 5 heterocycles. The second-order valence-corrected chi connectivity index (χ2v) is 10.5. The molecular formula is C27H31N5O6. The first-order valence-corrected chi connectivity index (χ1v) is 13.1. The van der Waals surface area contributed by atoms with Gasteiger partial charge in [-0.15, -0.1) is 5.10 Å². The number of hydrogen-bond donors (Lipinski definition) is 1. The fourth-order valence-corrected chi connectivity index (χ4v) is 6.52. The van der Waals surface area contributed by atoms with Crippen LogP contribution >= 0.6 is 0 Å². The van der Waals surface area contributed by atoms with Crippen molar-refractivity contribution in [2.45, 2.75) is 50.1 Å². The molecule has 11 heteroatoms. The number of fused-ring (bicyclic) bond motifs is 3. The van der Waals surface area contributed by atoms with Crippen molar-refractivity contribution in [3.8, 4) is 0 Å². The van der Waals surface area contributed by atoms with Crippen molar-refractivity contribution in [1.82, 2.24) is 24.8 Å². The molecule has 11 nitrogen and oxygen atoms in total. The van der Waals surface area contributed by atoms with Gasteiger partial charge >= 0.3 is 5.97 Å². The first-order valence-electron chi connectivity index (χ1n) is 13.1. The standard InChI is InChI=1S/C27H31N5O6/c1-26-11-8-16-37-25(36)21(26)20-23(34)31(14-5-2-6-15-33)22-24(35)30(13-7-12-27(20,22)38-26)17-32-19-10-4-3-9-18(19)28-29-32/h3-4,7-12,20-22,33H,2,5-6,13-17H2,1H3/t20-,21-,22?,26+,27-/m0/s1. The quantitative estimate of drug-likeness (QED) is 0.325. The van der Waals surface area contributed by atoms with Gasteiger partial charge in [0.15, 0.2) is 0 Å². The lowest BCUT2D eigenvalue weighted by Gasteiger charge is -2.37. The van der Waals surface area contributed by atoms with Crippen LogP contribution in [0.3, 0.4) is 0 Å². The van der Waals surface area contributed by atoms with E-state index in [1.54, 1.807) is 33.6 Å². The van der Waals surface area contributed by atoms with Gasteiger partial charge in [-0.1, -0.05) is 35.6 Å². The largest absolute Gasteiger partial charge is 0.461 e. The first-order chi connectivity index (χ1) is 18.4. The van der Waals surface area contributed by atoms with Crippen LogP contribution in [0, 0.1) is 11.8 Å². The van der Waals surface area contributed by atoms with E-state index in [4.69, 9.17) is 9.47 Å². The molecule has 1 aromatic carbocycles. The molecule has 1 N–H and O–H groups in total. The molecule has 0 aliphatic carbocycles. The van der Waals surface area contributed by atoms with Crippen molar-refractivity contribution >= 4 is 28.8 Å². The number of amides is 2. The lowest BCUT2D eigenvalue weighted by Crippen LogP contribution is -2.56. The van der Waals surface area contributed by atoms with E-state index in [2.05, 4.69) is 10.3 Å². The molecule has 2 aromatic rings. The van der Waals surface area contributed by atoms with Gasteiger partial charge < -0.3 is 24.4 Å². The summed E-state index contributed by atoms with van der Waals surface area (Å²) in [5.41, 5.74) is -0.883. The molecular weight excluding hydrogens is 490 g/mol. The number of benzene rings is 1. The van der Waals surface area contributed by atoms with Gasteiger partial charge in [-0.25, -0.2) is 4.68 Å². The number of hydrogen-bond acceptors (Lipinski definition) is 8. The van der Waals surface area contributed by atoms with Crippen LogP contribution in [0.4, 0.5) is 0 Å². The topological polar surface area (TPSA) is 127 Å². The average Bonchev–Trinajstić information content (AvgIpc) is 3.42. The fourth-order valence-electron chi connectivity index (χ4n) is 6.52. The van der Waals surface area contributed by atoms with E-state index in [0.29, 0.717) is 25.8 Å². The number of para-hydroxylation sites is 1. The molecule has 1 aromatic heterocycles. The Hall–Kier alpha value is -3.57. The normalized spacial score (nSPS) is 32.3. The Labute approximate surface area is 219 Å². The van der Waals surface area contributed by atoms with E-state index < -0.39 is 35.0 Å². The van der Waals surface area contributed by atoms with Crippen LogP contribution in [0.25, 0.3) is 11.0 Å². The monoisotopic (exact) mass is 521 g/mol. The van der Waals surface area contributed by atoms with Gasteiger partial charge in [0.05, 0.1) is 17.0 Å². The Bertz CT molecular complexity index is 1340. The van der Waals surface area contributed by atoms with Crippen LogP contribution in [-0.4, -0.2) is 91.2 Å². The maximum absolute atomic E-state index is 14.3. The molecule has 6 rings (SSSR count). The van der Waals surface area contributed by atoms with Gasteiger partial charge in [0.2, 0.25) is 5.91 Å². The lowest BCUT2D eigenvalue weighted by atomic mass is 9.75. The zero-order valence-electron chi connectivity index (χ0n) is 21.2. The number of ether oxygens (including phenoxy) is 2. The highest BCUT2D eigenvalue weighted by Gasteiger charge is 2.74. The first kappa shape index (κ1) is 24.7. The fraction of sp³-hybridized carbons (Fsp3) is 0.519. The van der Waals surface area contributed by atoms with Crippen LogP contribution < -0.4 is 0 Å². The Morgan fingerprint density at radius 1 is 1.05 bits per heavy atom. The zero-order chi connectivity index (χ0) is 26.5. The van der Waals surface area contributed by atoms with E-state index in [1.807, 2.05) is 36.4 Å². The number of carbonyl (C=O) groups excluding carboxylic acids is 3. The minimum absolute atomic E-state index is 0.0625. The highest BCUT2D eigenvalue weighted by molar-refractivity contribution is 5.99. The van der Waals surface area contributed by atoms with Gasteiger partial charge in [-0.2, -0.15) is 0 Å². The summed E-state index contributed by atoms with van der Waals surface area (Å²) in [4.78, 5) is 44.7. The molecule has 5 atom stereocenters. The van der Waals surface area contributed by atoms with Gasteiger partial charge in [0, 0.05) is 19.7 Å². The minimum atomic E-state index is -1.32. The summed E-state index contributed by atoms with van der Waals surface area (Å²) in [5.74, 6) is -2.82. The van der Waals surface area contributed by atoms with E-state index in [-0.39, 0.29) is 38.2 Å². The maximum atomic E-state index is 14.3. The second kappa shape index (κ2) is 9.32. The van der Waals surface area contributed by atoms with Crippen LogP contribution in [0.1, 0.15) is 26.2 Å². The Balaban J connectivity index is 1.39. The van der Waals surface area contributed by atoms with Crippen molar-refractivity contribution < 1.29 is 29.0 Å². The van der Waals surface area contributed by atoms with Crippen molar-refractivity contribution in [2.75, 3.05) is 26.3 Å². The van der Waals surface area contributed by atoms with E-state index in [1.165, 1.54) is 0 Å². The summed E-state index contributed by atoms with van der Waals surface area (Å²) in [6.45, 7) is 2.72. The molecule has 0 bridgehead atoms. The molecule has 1 unspecified atom stereocenters. The zero-order valence-corrected chi connectivity index (χ0v) is 21.2. The summed E-state index contributed by atoms with van der Waals surface area (Å²) >= 11 is 0. The second-order valence-electron chi connectivity index (χ2n) is 10.5. The predicted molar refractivity (Wildman–Crippen MR) is 134 cm³/mol. The molecule has 4 aliphatic rings. The van der Waals surface area contributed by atoms with Crippen LogP contribution in [0.5, 0.6) is 0 Å². The Morgan fingerprint density at radius 2 is 1.89 bits per heavy atom. The van der Waals surface area contributed by atoms with Gasteiger partial charge in [-0.05, 0) is 44.4 Å². The van der Waals surface area contributed by atoms with Gasteiger partial charge in [-0.3, -0.25) is 14.4 Å². The van der Waals surface area contributed by atoms with Crippen molar-refractivity contribution in [3.63, 3.8) is 0 Å². The third kappa shape index (κ3) is 3.67. The molecule has 4 aliphatic heterocycles. The maximum Gasteiger partial charge on any atom is 0.313 e. The number of nitrogens with zero attached hydrogens (tertiary/aromatic N) is 5. The third-order valence-electron chi connectivity index (χ3n) is 8.18. The lowest BCUT2D eigenvalue weighted by molar-refractivity contribution is -0.158. The summed E-state index contributed by atoms with van der Waals surface area (Å²) in [7, 11) is 0. The molecule has 2 amide bonds. The number of esters is 1. The van der Waals surface area contributed by atoms with Gasteiger partial charge in [0.25, 0.3) is 5.91 Å². The number of likely N-dealkylation sites (tertiary alicyclic amines) is 1. The van der Waals surface area contributed by atoms with Crippen LogP contribution in [-0.2, 0) is 30.5 Å². The Morgan fingerprint density at radius 3 is 2.74 bits per heavy atom. The summed E-state index contributed by atoms with van der Waals surface area (Å²) in [6.07, 6.45) is 9.09. The number of cyclic esters (lactones) is 1.